The molecule has 0 aliphatic carbocycles. The summed E-state index contributed by atoms with van der Waals surface area (Å²) < 4.78 is 5.99. The number of halogens is 1. The van der Waals surface area contributed by atoms with E-state index in [1.807, 2.05) is 43.3 Å². The lowest BCUT2D eigenvalue weighted by atomic mass is 10.1. The van der Waals surface area contributed by atoms with Gasteiger partial charge in [0.15, 0.2) is 5.58 Å². The topological polar surface area (TPSA) is 46.3 Å². The Balaban J connectivity index is 1.74. The van der Waals surface area contributed by atoms with E-state index in [1.165, 1.54) is 11.3 Å². The van der Waals surface area contributed by atoms with Crippen molar-refractivity contribution in [2.45, 2.75) is 19.9 Å². The van der Waals surface area contributed by atoms with Crippen molar-refractivity contribution in [3.05, 3.63) is 51.3 Å². The summed E-state index contributed by atoms with van der Waals surface area (Å²) in [5, 5.41) is 4.92. The van der Waals surface area contributed by atoms with Crippen LogP contribution in [0.5, 0.6) is 0 Å². The van der Waals surface area contributed by atoms with Crippen molar-refractivity contribution in [2.24, 2.45) is 0 Å². The van der Waals surface area contributed by atoms with E-state index in [-0.39, 0.29) is 12.3 Å². The number of thiophene rings is 1. The zero-order valence-corrected chi connectivity index (χ0v) is 13.7. The van der Waals surface area contributed by atoms with Crippen molar-refractivity contribution in [3.63, 3.8) is 0 Å². The second-order valence-corrected chi connectivity index (χ2v) is 6.72. The highest BCUT2D eigenvalue weighted by molar-refractivity contribution is 7.16. The van der Waals surface area contributed by atoms with E-state index in [0.717, 1.165) is 14.6 Å². The number of fused-ring (bicyclic) bond motifs is 1. The molecule has 0 saturated heterocycles. The first kappa shape index (κ1) is 15.1. The molecule has 0 fully saturated rings. The van der Waals surface area contributed by atoms with Gasteiger partial charge in [-0.1, -0.05) is 28.9 Å². The summed E-state index contributed by atoms with van der Waals surface area (Å²) in [6, 6.07) is 11.4. The third-order valence-corrected chi connectivity index (χ3v) is 4.70. The summed E-state index contributed by atoms with van der Waals surface area (Å²) in [5.41, 5.74) is 1.39. The Morgan fingerprint density at radius 3 is 2.86 bits per heavy atom. The third-order valence-electron chi connectivity index (χ3n) is 3.48. The van der Waals surface area contributed by atoms with Crippen LogP contribution in [0.25, 0.3) is 11.0 Å². The number of para-hydroxylation sites is 1. The highest BCUT2D eigenvalue weighted by atomic mass is 35.5. The molecule has 22 heavy (non-hydrogen) atoms. The summed E-state index contributed by atoms with van der Waals surface area (Å²) in [6.07, 6.45) is 0.240. The molecule has 2 heterocycles. The second kappa shape index (κ2) is 6.50. The molecular weight excluding hydrogens is 320 g/mol. The first-order valence-electron chi connectivity index (χ1n) is 7.02. The summed E-state index contributed by atoms with van der Waals surface area (Å²) in [5.74, 6) is 0.0334. The SMILES string of the molecule is CCN(Cc1ccc(Cl)s1)C(=O)Cc1noc2ccccc12. The van der Waals surface area contributed by atoms with Gasteiger partial charge in [0.05, 0.1) is 17.3 Å². The lowest BCUT2D eigenvalue weighted by Crippen LogP contribution is -2.31. The van der Waals surface area contributed by atoms with Crippen LogP contribution in [0.1, 0.15) is 17.5 Å². The molecule has 6 heteroatoms. The summed E-state index contributed by atoms with van der Waals surface area (Å²) >= 11 is 7.44. The molecule has 2 aromatic heterocycles. The minimum absolute atomic E-state index is 0.0334. The molecule has 0 unspecified atom stereocenters. The molecule has 114 valence electrons. The number of rotatable bonds is 5. The van der Waals surface area contributed by atoms with Crippen LogP contribution in [0.2, 0.25) is 4.34 Å². The van der Waals surface area contributed by atoms with Crippen molar-refractivity contribution in [3.8, 4) is 0 Å². The molecule has 3 aromatic rings. The number of carbonyl (C=O) groups is 1. The molecule has 0 N–H and O–H groups in total. The van der Waals surface area contributed by atoms with Crippen molar-refractivity contribution in [1.29, 1.82) is 0 Å². The first-order chi connectivity index (χ1) is 10.7. The van der Waals surface area contributed by atoms with Gasteiger partial charge in [0, 0.05) is 16.8 Å². The van der Waals surface area contributed by atoms with Gasteiger partial charge in [-0.15, -0.1) is 11.3 Å². The van der Waals surface area contributed by atoms with E-state index in [9.17, 15) is 4.79 Å². The van der Waals surface area contributed by atoms with E-state index in [1.54, 1.807) is 4.90 Å². The lowest BCUT2D eigenvalue weighted by molar-refractivity contribution is -0.130. The van der Waals surface area contributed by atoms with Crippen LogP contribution >= 0.6 is 22.9 Å². The number of likely N-dealkylation sites (N-methyl/N-ethyl adjacent to an activating group) is 1. The highest BCUT2D eigenvalue weighted by Crippen LogP contribution is 2.23. The Labute approximate surface area is 137 Å². The molecular formula is C16H15ClN2O2S. The van der Waals surface area contributed by atoms with Gasteiger partial charge >= 0.3 is 0 Å². The molecule has 0 aliphatic rings. The van der Waals surface area contributed by atoms with Crippen molar-refractivity contribution in [1.82, 2.24) is 10.1 Å². The van der Waals surface area contributed by atoms with Gasteiger partial charge in [0.1, 0.15) is 5.69 Å². The van der Waals surface area contributed by atoms with Gasteiger partial charge in [-0.25, -0.2) is 0 Å². The van der Waals surface area contributed by atoms with Gasteiger partial charge in [-0.05, 0) is 31.2 Å². The number of nitrogens with zero attached hydrogens (tertiary/aromatic N) is 2. The fourth-order valence-corrected chi connectivity index (χ4v) is 3.43. The summed E-state index contributed by atoms with van der Waals surface area (Å²) in [6.45, 7) is 3.18. The fourth-order valence-electron chi connectivity index (χ4n) is 2.32. The van der Waals surface area contributed by atoms with Crippen LogP contribution in [0, 0.1) is 0 Å². The maximum atomic E-state index is 12.5. The standard InChI is InChI=1S/C16H15ClN2O2S/c1-2-19(10-11-7-8-15(17)22-11)16(20)9-13-12-5-3-4-6-14(12)21-18-13/h3-8H,2,9-10H2,1H3. The number of hydrogen-bond acceptors (Lipinski definition) is 4. The zero-order chi connectivity index (χ0) is 15.5. The maximum Gasteiger partial charge on any atom is 0.229 e. The largest absolute Gasteiger partial charge is 0.356 e. The number of amides is 1. The Kier molecular flexibility index (Phi) is 4.45. The number of carbonyl (C=O) groups excluding carboxylic acids is 1. The van der Waals surface area contributed by atoms with Gasteiger partial charge < -0.3 is 9.42 Å². The van der Waals surface area contributed by atoms with E-state index in [4.69, 9.17) is 16.1 Å². The Hall–Kier alpha value is -1.85. The maximum absolute atomic E-state index is 12.5. The first-order valence-corrected chi connectivity index (χ1v) is 8.22. The Bertz CT molecular complexity index is 796. The Morgan fingerprint density at radius 2 is 2.14 bits per heavy atom. The number of hydrogen-bond donors (Lipinski definition) is 0. The minimum atomic E-state index is 0.0334. The number of aromatic nitrogens is 1. The van der Waals surface area contributed by atoms with E-state index < -0.39 is 0 Å². The normalized spacial score (nSPS) is 11.0. The smallest absolute Gasteiger partial charge is 0.229 e. The molecule has 0 atom stereocenters. The van der Waals surface area contributed by atoms with Crippen LogP contribution in [0.15, 0.2) is 40.9 Å². The molecule has 0 bridgehead atoms. The molecule has 0 aliphatic heterocycles. The van der Waals surface area contributed by atoms with Crippen LogP contribution < -0.4 is 0 Å². The fraction of sp³-hybridized carbons (Fsp3) is 0.250. The molecule has 1 aromatic carbocycles. The Morgan fingerprint density at radius 1 is 1.32 bits per heavy atom. The zero-order valence-electron chi connectivity index (χ0n) is 12.1. The van der Waals surface area contributed by atoms with Crippen LogP contribution in [-0.2, 0) is 17.8 Å². The molecule has 3 rings (SSSR count). The van der Waals surface area contributed by atoms with Crippen molar-refractivity contribution < 1.29 is 9.32 Å². The van der Waals surface area contributed by atoms with Gasteiger partial charge in [-0.2, -0.15) is 0 Å². The summed E-state index contributed by atoms with van der Waals surface area (Å²) in [4.78, 5) is 15.4. The van der Waals surface area contributed by atoms with E-state index in [2.05, 4.69) is 5.16 Å². The molecule has 0 radical (unpaired) electrons. The van der Waals surface area contributed by atoms with Crippen molar-refractivity contribution >= 4 is 39.8 Å². The molecule has 1 amide bonds. The average molecular weight is 335 g/mol. The van der Waals surface area contributed by atoms with E-state index >= 15 is 0 Å². The predicted octanol–water partition coefficient (Wildman–Crippen LogP) is 4.13. The molecule has 0 spiro atoms. The predicted molar refractivity (Wildman–Crippen MR) is 88.1 cm³/mol. The average Bonchev–Trinajstić information content (AvgIpc) is 3.11. The highest BCUT2D eigenvalue weighted by Gasteiger charge is 2.17. The lowest BCUT2D eigenvalue weighted by Gasteiger charge is -2.19. The quantitative estimate of drug-likeness (QED) is 0.704. The van der Waals surface area contributed by atoms with E-state index in [0.29, 0.717) is 24.4 Å². The van der Waals surface area contributed by atoms with Crippen molar-refractivity contribution in [2.75, 3.05) is 6.54 Å². The van der Waals surface area contributed by atoms with Gasteiger partial charge in [0.25, 0.3) is 0 Å². The van der Waals surface area contributed by atoms with Gasteiger partial charge in [0.2, 0.25) is 5.91 Å². The third kappa shape index (κ3) is 3.15. The minimum Gasteiger partial charge on any atom is -0.356 e. The van der Waals surface area contributed by atoms with Crippen LogP contribution in [0.4, 0.5) is 0 Å². The second-order valence-electron chi connectivity index (χ2n) is 4.92. The summed E-state index contributed by atoms with van der Waals surface area (Å²) in [7, 11) is 0. The number of benzene rings is 1. The molecule has 0 saturated carbocycles. The van der Waals surface area contributed by atoms with Crippen LogP contribution in [0.3, 0.4) is 0 Å². The monoisotopic (exact) mass is 334 g/mol. The van der Waals surface area contributed by atoms with Gasteiger partial charge in [-0.3, -0.25) is 4.79 Å². The molecule has 4 nitrogen and oxygen atoms in total. The van der Waals surface area contributed by atoms with Crippen LogP contribution in [-0.4, -0.2) is 22.5 Å².